The Morgan fingerprint density at radius 1 is 1.14 bits per heavy atom. The molecular formula is C25H30FN5O3S. The van der Waals surface area contributed by atoms with Crippen molar-refractivity contribution in [3.63, 3.8) is 0 Å². The standard InChI is InChI=1S/C25H30FN5O3S/c1-3-18-14-23(25(32)30-12-6-4-5-7-16(30)2)27-24-15-22(28-31(18)24)20-11-8-17(13-21(20)26)29-35(33,34)19-9-10-19/h8,11,13-16,19,29H,3-7,9-10,12H2,1-2H3. The number of halogens is 1. The number of sulfonamides is 1. The maximum Gasteiger partial charge on any atom is 0.272 e. The van der Waals surface area contributed by atoms with E-state index in [1.165, 1.54) is 18.2 Å². The monoisotopic (exact) mass is 499 g/mol. The summed E-state index contributed by atoms with van der Waals surface area (Å²) in [4.78, 5) is 19.8. The van der Waals surface area contributed by atoms with E-state index in [0.29, 0.717) is 36.3 Å². The summed E-state index contributed by atoms with van der Waals surface area (Å²) in [7, 11) is -3.47. The Hall–Kier alpha value is -3.01. The van der Waals surface area contributed by atoms with Crippen LogP contribution in [0, 0.1) is 5.82 Å². The van der Waals surface area contributed by atoms with Crippen LogP contribution in [-0.2, 0) is 16.4 Å². The maximum atomic E-state index is 15.0. The highest BCUT2D eigenvalue weighted by Gasteiger charge is 2.35. The first-order valence-corrected chi connectivity index (χ1v) is 13.8. The average Bonchev–Trinajstić information content (AvgIpc) is 3.63. The van der Waals surface area contributed by atoms with Gasteiger partial charge in [0.05, 0.1) is 16.6 Å². The predicted molar refractivity (Wildman–Crippen MR) is 132 cm³/mol. The summed E-state index contributed by atoms with van der Waals surface area (Å²) >= 11 is 0. The highest BCUT2D eigenvalue weighted by atomic mass is 32.2. The van der Waals surface area contributed by atoms with Crippen molar-refractivity contribution in [1.82, 2.24) is 19.5 Å². The van der Waals surface area contributed by atoms with Crippen LogP contribution < -0.4 is 4.72 Å². The summed E-state index contributed by atoms with van der Waals surface area (Å²) in [6, 6.07) is 7.82. The van der Waals surface area contributed by atoms with Gasteiger partial charge in [-0.2, -0.15) is 5.10 Å². The lowest BCUT2D eigenvalue weighted by Gasteiger charge is -2.27. The number of nitrogens with zero attached hydrogens (tertiary/aromatic N) is 4. The van der Waals surface area contributed by atoms with Gasteiger partial charge in [0.1, 0.15) is 11.5 Å². The van der Waals surface area contributed by atoms with E-state index >= 15 is 4.39 Å². The van der Waals surface area contributed by atoms with Crippen LogP contribution in [0.2, 0.25) is 0 Å². The van der Waals surface area contributed by atoms with Crippen LogP contribution in [0.5, 0.6) is 0 Å². The Balaban J connectivity index is 1.47. The number of nitrogens with one attached hydrogen (secondary N) is 1. The van der Waals surface area contributed by atoms with E-state index in [9.17, 15) is 13.2 Å². The molecule has 3 aromatic rings. The van der Waals surface area contributed by atoms with Gasteiger partial charge in [-0.3, -0.25) is 9.52 Å². The number of anilines is 1. The second-order valence-electron chi connectivity index (χ2n) is 9.52. The quantitative estimate of drug-likeness (QED) is 0.542. The molecule has 0 radical (unpaired) electrons. The van der Waals surface area contributed by atoms with Crippen LogP contribution in [-0.4, -0.2) is 51.7 Å². The van der Waals surface area contributed by atoms with Crippen LogP contribution in [0.1, 0.15) is 68.6 Å². The van der Waals surface area contributed by atoms with Gasteiger partial charge in [0.25, 0.3) is 5.91 Å². The van der Waals surface area contributed by atoms with Gasteiger partial charge in [-0.15, -0.1) is 0 Å². The van der Waals surface area contributed by atoms with Gasteiger partial charge in [-0.25, -0.2) is 22.3 Å². The molecule has 2 aliphatic rings. The largest absolute Gasteiger partial charge is 0.335 e. The number of hydrogen-bond acceptors (Lipinski definition) is 5. The molecule has 2 aromatic heterocycles. The molecule has 3 heterocycles. The lowest BCUT2D eigenvalue weighted by molar-refractivity contribution is 0.0692. The topological polar surface area (TPSA) is 96.7 Å². The Morgan fingerprint density at radius 2 is 1.94 bits per heavy atom. The third-order valence-electron chi connectivity index (χ3n) is 6.86. The summed E-state index contributed by atoms with van der Waals surface area (Å²) < 4.78 is 43.4. The number of carbonyl (C=O) groups excluding carboxylic acids is 1. The molecule has 1 aliphatic carbocycles. The molecule has 1 aromatic carbocycles. The molecule has 1 saturated carbocycles. The summed E-state index contributed by atoms with van der Waals surface area (Å²) in [5, 5.41) is 4.16. The molecule has 1 amide bonds. The number of aromatic nitrogens is 3. The second kappa shape index (κ2) is 9.22. The Kier molecular flexibility index (Phi) is 6.25. The van der Waals surface area contributed by atoms with Crippen molar-refractivity contribution in [3.8, 4) is 11.3 Å². The van der Waals surface area contributed by atoms with Gasteiger partial charge in [-0.05, 0) is 63.3 Å². The molecule has 1 unspecified atom stereocenters. The van der Waals surface area contributed by atoms with Crippen molar-refractivity contribution in [2.75, 3.05) is 11.3 Å². The number of aryl methyl sites for hydroxylation is 1. The molecule has 1 N–H and O–H groups in total. The summed E-state index contributed by atoms with van der Waals surface area (Å²) in [6.07, 6.45) is 6.10. The predicted octanol–water partition coefficient (Wildman–Crippen LogP) is 4.41. The second-order valence-corrected chi connectivity index (χ2v) is 11.5. The summed E-state index contributed by atoms with van der Waals surface area (Å²) in [5.41, 5.74) is 2.45. The smallest absolute Gasteiger partial charge is 0.272 e. The average molecular weight is 500 g/mol. The zero-order chi connectivity index (χ0) is 24.7. The normalized spacial score (nSPS) is 19.1. The lowest BCUT2D eigenvalue weighted by atomic mass is 10.1. The molecule has 8 nitrogen and oxygen atoms in total. The first-order valence-electron chi connectivity index (χ1n) is 12.3. The van der Waals surface area contributed by atoms with Crippen LogP contribution in [0.15, 0.2) is 30.3 Å². The number of carbonyl (C=O) groups is 1. The third-order valence-corrected chi connectivity index (χ3v) is 8.73. The van der Waals surface area contributed by atoms with Crippen molar-refractivity contribution in [1.29, 1.82) is 0 Å². The van der Waals surface area contributed by atoms with E-state index in [2.05, 4.69) is 21.7 Å². The first-order chi connectivity index (χ1) is 16.8. The van der Waals surface area contributed by atoms with Gasteiger partial charge >= 0.3 is 0 Å². The van der Waals surface area contributed by atoms with E-state index < -0.39 is 21.1 Å². The fourth-order valence-electron chi connectivity index (χ4n) is 4.67. The highest BCUT2D eigenvalue weighted by molar-refractivity contribution is 7.93. The van der Waals surface area contributed by atoms with Crippen molar-refractivity contribution in [2.45, 2.75) is 70.1 Å². The van der Waals surface area contributed by atoms with Crippen LogP contribution in [0.25, 0.3) is 16.9 Å². The highest BCUT2D eigenvalue weighted by Crippen LogP contribution is 2.31. The number of fused-ring (bicyclic) bond motifs is 1. The fourth-order valence-corrected chi connectivity index (χ4v) is 6.04. The van der Waals surface area contributed by atoms with Crippen molar-refractivity contribution >= 4 is 27.3 Å². The summed E-state index contributed by atoms with van der Waals surface area (Å²) in [6.45, 7) is 4.78. The van der Waals surface area contributed by atoms with Crippen molar-refractivity contribution in [3.05, 3.63) is 47.5 Å². The van der Waals surface area contributed by atoms with Crippen LogP contribution >= 0.6 is 0 Å². The minimum Gasteiger partial charge on any atom is -0.335 e. The minimum atomic E-state index is -3.47. The Labute approximate surface area is 204 Å². The number of rotatable bonds is 6. The molecule has 5 rings (SSSR count). The van der Waals surface area contributed by atoms with E-state index in [-0.39, 0.29) is 23.2 Å². The fraction of sp³-hybridized carbons (Fsp3) is 0.480. The molecular weight excluding hydrogens is 469 g/mol. The molecule has 2 fully saturated rings. The van der Waals surface area contributed by atoms with E-state index in [4.69, 9.17) is 0 Å². The minimum absolute atomic E-state index is 0.0853. The van der Waals surface area contributed by atoms with Crippen LogP contribution in [0.3, 0.4) is 0 Å². The Bertz CT molecular complexity index is 1380. The van der Waals surface area contributed by atoms with E-state index in [1.807, 2.05) is 11.8 Å². The van der Waals surface area contributed by atoms with Crippen molar-refractivity contribution < 1.29 is 17.6 Å². The zero-order valence-electron chi connectivity index (χ0n) is 20.0. The number of benzene rings is 1. The number of amides is 1. The molecule has 1 saturated heterocycles. The Morgan fingerprint density at radius 3 is 2.66 bits per heavy atom. The molecule has 0 bridgehead atoms. The zero-order valence-corrected chi connectivity index (χ0v) is 20.8. The molecule has 186 valence electrons. The van der Waals surface area contributed by atoms with Gasteiger partial charge < -0.3 is 4.90 Å². The summed E-state index contributed by atoms with van der Waals surface area (Å²) in [5.74, 6) is -0.671. The van der Waals surface area contributed by atoms with Crippen LogP contribution in [0.4, 0.5) is 10.1 Å². The van der Waals surface area contributed by atoms with Gasteiger partial charge in [0, 0.05) is 29.9 Å². The van der Waals surface area contributed by atoms with Gasteiger partial charge in [-0.1, -0.05) is 19.8 Å². The third kappa shape index (κ3) is 4.76. The number of hydrogen-bond donors (Lipinski definition) is 1. The maximum absolute atomic E-state index is 15.0. The van der Waals surface area contributed by atoms with E-state index in [0.717, 1.165) is 37.9 Å². The van der Waals surface area contributed by atoms with E-state index in [1.54, 1.807) is 16.6 Å². The number of likely N-dealkylation sites (tertiary alicyclic amines) is 1. The molecule has 10 heteroatoms. The lowest BCUT2D eigenvalue weighted by Crippen LogP contribution is -2.38. The molecule has 35 heavy (non-hydrogen) atoms. The molecule has 1 aliphatic heterocycles. The first kappa shape index (κ1) is 23.7. The molecule has 0 spiro atoms. The SMILES string of the molecule is CCc1cc(C(=O)N2CCCCCC2C)nc2cc(-c3ccc(NS(=O)(=O)C4CC4)cc3F)nn12. The van der Waals surface area contributed by atoms with Gasteiger partial charge in [0.2, 0.25) is 10.0 Å². The van der Waals surface area contributed by atoms with Crippen molar-refractivity contribution in [2.24, 2.45) is 0 Å². The van der Waals surface area contributed by atoms with Gasteiger partial charge in [0.15, 0.2) is 5.65 Å². The molecule has 1 atom stereocenters.